The molecule has 1 aromatic carbocycles. The van der Waals surface area contributed by atoms with Gasteiger partial charge in [0, 0.05) is 33.9 Å². The lowest BCUT2D eigenvalue weighted by Gasteiger charge is -2.17. The van der Waals surface area contributed by atoms with Crippen LogP contribution < -0.4 is 0 Å². The molecule has 0 radical (unpaired) electrons. The predicted octanol–water partition coefficient (Wildman–Crippen LogP) is 10.6. The zero-order valence-corrected chi connectivity index (χ0v) is 35.3. The van der Waals surface area contributed by atoms with E-state index >= 15 is 0 Å². The first-order valence-electron chi connectivity index (χ1n) is 19.7. The molecule has 0 saturated heterocycles. The van der Waals surface area contributed by atoms with Crippen molar-refractivity contribution >= 4 is 69.2 Å². The van der Waals surface area contributed by atoms with Crippen LogP contribution >= 0.6 is 36.7 Å². The third kappa shape index (κ3) is 20.8. The maximum absolute atomic E-state index is 12.7. The number of aromatic hydroxyl groups is 1. The molecule has 7 nitrogen and oxygen atoms in total. The summed E-state index contributed by atoms with van der Waals surface area (Å²) >= 11 is 16.9. The summed E-state index contributed by atoms with van der Waals surface area (Å²) < 4.78 is 16.7. The van der Waals surface area contributed by atoms with Crippen molar-refractivity contribution in [2.24, 2.45) is 17.8 Å². The van der Waals surface area contributed by atoms with E-state index in [0.717, 1.165) is 82.6 Å². The molecule has 0 bridgehead atoms. The minimum Gasteiger partial charge on any atom is -0.507 e. The lowest BCUT2D eigenvalue weighted by atomic mass is 9.94. The lowest BCUT2D eigenvalue weighted by molar-refractivity contribution is -0.144. The van der Waals surface area contributed by atoms with Crippen molar-refractivity contribution < 1.29 is 33.7 Å². The molecule has 294 valence electrons. The van der Waals surface area contributed by atoms with Crippen molar-refractivity contribution in [1.82, 2.24) is 0 Å². The Morgan fingerprint density at radius 1 is 0.558 bits per heavy atom. The van der Waals surface area contributed by atoms with Crippen LogP contribution in [0.15, 0.2) is 12.1 Å². The summed E-state index contributed by atoms with van der Waals surface area (Å²) in [7, 11) is 0. The van der Waals surface area contributed by atoms with Gasteiger partial charge in [0.15, 0.2) is 0 Å². The SMILES string of the molecule is CCCCC(CC)COC(=O)CC(=S)Cc1cc(CC(=S)CC(=O)OCC(CC)CCCC)c(O)c(CC(=S)CC(=O)OCC(CC)CCCC)c1. The van der Waals surface area contributed by atoms with Gasteiger partial charge in [0.2, 0.25) is 0 Å². The zero-order chi connectivity index (χ0) is 38.9. The molecule has 1 N–H and O–H groups in total. The number of ether oxygens (including phenoxy) is 3. The molecule has 0 saturated carbocycles. The second-order valence-electron chi connectivity index (χ2n) is 14.2. The van der Waals surface area contributed by atoms with E-state index in [9.17, 15) is 19.5 Å². The number of benzene rings is 1. The molecule has 0 aromatic heterocycles. The number of rotatable bonds is 30. The van der Waals surface area contributed by atoms with Gasteiger partial charge in [0.25, 0.3) is 0 Å². The number of phenols is 1. The van der Waals surface area contributed by atoms with Crippen molar-refractivity contribution in [3.63, 3.8) is 0 Å². The third-order valence-electron chi connectivity index (χ3n) is 9.60. The quantitative estimate of drug-likeness (QED) is 0.0462. The molecule has 0 aliphatic rings. The second kappa shape index (κ2) is 28.2. The standard InChI is InChI=1S/C42H66O7S3/c1-7-13-16-30(10-4)27-47-39(43)24-36(50)21-33-19-34(22-37(51)25-40(44)48-28-31(11-5)17-14-8-2)42(46)35(20-33)23-38(52)26-41(45)49-29-32(12-6)18-15-9-3/h19-20,30-32,46H,7-18,21-29H2,1-6H3. The van der Waals surface area contributed by atoms with Crippen molar-refractivity contribution in [2.45, 2.75) is 157 Å². The van der Waals surface area contributed by atoms with Crippen molar-refractivity contribution in [1.29, 1.82) is 0 Å². The maximum Gasteiger partial charge on any atom is 0.310 e. The van der Waals surface area contributed by atoms with Gasteiger partial charge in [-0.15, -0.1) is 0 Å². The van der Waals surface area contributed by atoms with Gasteiger partial charge in [0.1, 0.15) is 5.75 Å². The van der Waals surface area contributed by atoms with E-state index in [1.807, 2.05) is 12.1 Å². The molecule has 3 unspecified atom stereocenters. The van der Waals surface area contributed by atoms with Crippen LogP contribution in [0.1, 0.15) is 155 Å². The summed E-state index contributed by atoms with van der Waals surface area (Å²) in [5.74, 6) is -0.110. The molecule has 0 fully saturated rings. The van der Waals surface area contributed by atoms with Gasteiger partial charge >= 0.3 is 17.9 Å². The highest BCUT2D eigenvalue weighted by Gasteiger charge is 2.20. The van der Waals surface area contributed by atoms with Gasteiger partial charge in [-0.25, -0.2) is 0 Å². The molecule has 0 aliphatic heterocycles. The highest BCUT2D eigenvalue weighted by molar-refractivity contribution is 7.80. The second-order valence-corrected chi connectivity index (χ2v) is 16.0. The molecule has 0 aliphatic carbocycles. The zero-order valence-electron chi connectivity index (χ0n) is 32.9. The summed E-state index contributed by atoms with van der Waals surface area (Å²) in [5.41, 5.74) is 1.83. The average Bonchev–Trinajstić information content (AvgIpc) is 3.10. The van der Waals surface area contributed by atoms with Gasteiger partial charge in [-0.3, -0.25) is 14.4 Å². The highest BCUT2D eigenvalue weighted by Crippen LogP contribution is 2.28. The van der Waals surface area contributed by atoms with Crippen molar-refractivity contribution in [2.75, 3.05) is 19.8 Å². The molecule has 1 aromatic rings. The average molecular weight is 779 g/mol. The molecule has 3 atom stereocenters. The Morgan fingerprint density at radius 3 is 1.15 bits per heavy atom. The van der Waals surface area contributed by atoms with E-state index in [1.165, 1.54) is 0 Å². The molecular weight excluding hydrogens is 713 g/mol. The fourth-order valence-electron chi connectivity index (χ4n) is 6.01. The normalized spacial score (nSPS) is 12.8. The summed E-state index contributed by atoms with van der Waals surface area (Å²) in [6.45, 7) is 13.9. The molecule has 0 heterocycles. The number of carbonyl (C=O) groups is 3. The molecule has 52 heavy (non-hydrogen) atoms. The fourth-order valence-corrected chi connectivity index (χ4v) is 6.84. The van der Waals surface area contributed by atoms with E-state index in [-0.39, 0.29) is 55.8 Å². The maximum atomic E-state index is 12.7. The van der Waals surface area contributed by atoms with Crippen molar-refractivity contribution in [3.8, 4) is 5.75 Å². The summed E-state index contributed by atoms with van der Waals surface area (Å²) in [4.78, 5) is 39.4. The minimum atomic E-state index is -0.379. The van der Waals surface area contributed by atoms with E-state index in [0.29, 0.717) is 69.7 Å². The Labute approximate surface area is 330 Å². The van der Waals surface area contributed by atoms with Crippen LogP contribution in [0.5, 0.6) is 5.75 Å². The van der Waals surface area contributed by atoms with Gasteiger partial charge in [-0.2, -0.15) is 0 Å². The molecule has 1 rings (SSSR count). The summed E-state index contributed by atoms with van der Waals surface area (Å²) in [6, 6.07) is 3.62. The van der Waals surface area contributed by atoms with Gasteiger partial charge in [-0.05, 0) is 53.7 Å². The first kappa shape index (κ1) is 47.7. The van der Waals surface area contributed by atoms with E-state index in [1.54, 1.807) is 0 Å². The van der Waals surface area contributed by atoms with Gasteiger partial charge in [0.05, 0.1) is 39.1 Å². The first-order valence-corrected chi connectivity index (χ1v) is 21.0. The topological polar surface area (TPSA) is 99.1 Å². The molecule has 0 amide bonds. The number of thiocarbonyl (C=S) groups is 3. The number of esters is 3. The van der Waals surface area contributed by atoms with Crippen LogP contribution in [0.3, 0.4) is 0 Å². The Kier molecular flexibility index (Phi) is 25.9. The van der Waals surface area contributed by atoms with Crippen LogP contribution in [0.2, 0.25) is 0 Å². The largest absolute Gasteiger partial charge is 0.507 e. The van der Waals surface area contributed by atoms with Gasteiger partial charge < -0.3 is 19.3 Å². The Balaban J connectivity index is 3.07. The lowest BCUT2D eigenvalue weighted by Crippen LogP contribution is -2.18. The van der Waals surface area contributed by atoms with Crippen LogP contribution in [-0.2, 0) is 47.9 Å². The predicted molar refractivity (Wildman–Crippen MR) is 224 cm³/mol. The Morgan fingerprint density at radius 2 is 0.865 bits per heavy atom. The van der Waals surface area contributed by atoms with Crippen LogP contribution in [0.25, 0.3) is 0 Å². The van der Waals surface area contributed by atoms with E-state index in [4.69, 9.17) is 50.9 Å². The number of phenolic OH excluding ortho intramolecular Hbond substituents is 1. The van der Waals surface area contributed by atoms with Crippen LogP contribution in [0.4, 0.5) is 0 Å². The van der Waals surface area contributed by atoms with E-state index in [2.05, 4.69) is 41.5 Å². The smallest absolute Gasteiger partial charge is 0.310 e. The van der Waals surface area contributed by atoms with E-state index < -0.39 is 0 Å². The Hall–Kier alpha value is -2.30. The number of unbranched alkanes of at least 4 members (excludes halogenated alkanes) is 3. The Bertz CT molecular complexity index is 1210. The third-order valence-corrected chi connectivity index (χ3v) is 10.5. The van der Waals surface area contributed by atoms with Crippen molar-refractivity contribution in [3.05, 3.63) is 28.8 Å². The molecule has 0 spiro atoms. The van der Waals surface area contributed by atoms with Crippen LogP contribution in [-0.4, -0.2) is 57.4 Å². The summed E-state index contributed by atoms with van der Waals surface area (Å²) in [5, 5.41) is 11.4. The molecular formula is C42H66O7S3. The molecule has 10 heteroatoms. The minimum absolute atomic E-state index is 0.00755. The highest BCUT2D eigenvalue weighted by atomic mass is 32.1. The van der Waals surface area contributed by atoms with Gasteiger partial charge in [-0.1, -0.05) is 148 Å². The van der Waals surface area contributed by atoms with Crippen LogP contribution in [0, 0.1) is 17.8 Å². The number of hydrogen-bond acceptors (Lipinski definition) is 10. The number of carbonyl (C=O) groups excluding carboxylic acids is 3. The fraction of sp³-hybridized carbons (Fsp3) is 0.714. The monoisotopic (exact) mass is 778 g/mol. The first-order chi connectivity index (χ1) is 24.9. The summed E-state index contributed by atoms with van der Waals surface area (Å²) in [6.07, 6.45) is 13.0. The number of hydrogen-bond donors (Lipinski definition) is 1.